The third-order valence-corrected chi connectivity index (χ3v) is 6.28. The molecule has 3 unspecified atom stereocenters. The molecule has 0 N–H and O–H groups in total. The predicted molar refractivity (Wildman–Crippen MR) is 117 cm³/mol. The Bertz CT molecular complexity index is 1020. The predicted octanol–water partition coefficient (Wildman–Crippen LogP) is 7.82. The minimum atomic E-state index is -2.31. The summed E-state index contributed by atoms with van der Waals surface area (Å²) in [5.74, 6) is -1.84. The van der Waals surface area contributed by atoms with Gasteiger partial charge < -0.3 is 9.47 Å². The normalized spacial score (nSPS) is 22.2. The Morgan fingerprint density at radius 2 is 1.56 bits per heavy atom. The fraction of sp³-hybridized carbons (Fsp3) is 0.462. The highest BCUT2D eigenvalue weighted by molar-refractivity contribution is 5.79. The molecule has 172 valence electrons. The van der Waals surface area contributed by atoms with Crippen molar-refractivity contribution in [3.05, 3.63) is 58.7 Å². The van der Waals surface area contributed by atoms with Crippen molar-refractivity contribution in [3.63, 3.8) is 0 Å². The first kappa shape index (κ1) is 22.8. The van der Waals surface area contributed by atoms with Crippen LogP contribution in [0.5, 0.6) is 5.75 Å². The van der Waals surface area contributed by atoms with Crippen LogP contribution in [0.15, 0.2) is 30.3 Å². The zero-order valence-electron chi connectivity index (χ0n) is 18.4. The van der Waals surface area contributed by atoms with E-state index in [1.807, 2.05) is 6.08 Å². The van der Waals surface area contributed by atoms with E-state index in [-0.39, 0.29) is 40.7 Å². The fourth-order valence-corrected chi connectivity index (χ4v) is 4.58. The second-order valence-corrected chi connectivity index (χ2v) is 8.31. The van der Waals surface area contributed by atoms with E-state index in [1.54, 1.807) is 19.1 Å². The molecule has 2 aromatic carbocycles. The van der Waals surface area contributed by atoms with Gasteiger partial charge in [-0.1, -0.05) is 37.6 Å². The smallest absolute Gasteiger partial charge is 0.171 e. The molecule has 3 atom stereocenters. The molecule has 2 nitrogen and oxygen atoms in total. The molecule has 2 aromatic rings. The summed E-state index contributed by atoms with van der Waals surface area (Å²) in [6, 6.07) is 6.00. The largest absolute Gasteiger partial charge is 0.491 e. The number of fused-ring (bicyclic) bond motifs is 3. The van der Waals surface area contributed by atoms with Gasteiger partial charge in [-0.25, -0.2) is 17.6 Å². The molecule has 32 heavy (non-hydrogen) atoms. The maximum atomic E-state index is 15.5. The van der Waals surface area contributed by atoms with Gasteiger partial charge in [0.05, 0.1) is 12.7 Å². The fourth-order valence-electron chi connectivity index (χ4n) is 4.58. The summed E-state index contributed by atoms with van der Waals surface area (Å²) in [5, 5.41) is 0. The molecule has 2 aliphatic carbocycles. The van der Waals surface area contributed by atoms with Crippen molar-refractivity contribution >= 4 is 5.57 Å². The van der Waals surface area contributed by atoms with E-state index in [1.165, 1.54) is 12.1 Å². The summed E-state index contributed by atoms with van der Waals surface area (Å²) in [7, 11) is 0. The summed E-state index contributed by atoms with van der Waals surface area (Å²) in [6.45, 7) is 4.68. The molecular formula is C26H28F4O2. The number of ether oxygens (including phenoxy) is 2. The van der Waals surface area contributed by atoms with Crippen LogP contribution in [0.25, 0.3) is 16.7 Å². The van der Waals surface area contributed by atoms with E-state index in [4.69, 9.17) is 9.47 Å². The third kappa shape index (κ3) is 4.05. The van der Waals surface area contributed by atoms with Gasteiger partial charge in [0.25, 0.3) is 0 Å². The minimum absolute atomic E-state index is 0.101. The number of hydrogen-bond donors (Lipinski definition) is 0. The number of alkyl halides is 2. The molecule has 6 heteroatoms. The van der Waals surface area contributed by atoms with Crippen LogP contribution in [0.2, 0.25) is 0 Å². The van der Waals surface area contributed by atoms with E-state index in [2.05, 4.69) is 6.92 Å². The first-order chi connectivity index (χ1) is 15.5. The minimum Gasteiger partial charge on any atom is -0.491 e. The van der Waals surface area contributed by atoms with Gasteiger partial charge in [-0.15, -0.1) is 0 Å². The summed E-state index contributed by atoms with van der Waals surface area (Å²) < 4.78 is 71.5. The summed E-state index contributed by atoms with van der Waals surface area (Å²) >= 11 is 0. The molecule has 0 aromatic heterocycles. The Morgan fingerprint density at radius 1 is 0.906 bits per heavy atom. The first-order valence-corrected chi connectivity index (χ1v) is 11.3. The van der Waals surface area contributed by atoms with E-state index < -0.39 is 29.5 Å². The van der Waals surface area contributed by atoms with Crippen LogP contribution in [0, 0.1) is 11.6 Å². The van der Waals surface area contributed by atoms with Gasteiger partial charge in [-0.2, -0.15) is 0 Å². The SMILES string of the molecule is CCCCOC1CC=C(c2ccc3c(c2F)C(F)C(F)c2c-3ccc(OCC)c2F)CC1. The number of allylic oxidation sites excluding steroid dienone is 1. The Labute approximate surface area is 186 Å². The summed E-state index contributed by atoms with van der Waals surface area (Å²) in [5.41, 5.74) is 0.643. The Balaban J connectivity index is 1.68. The van der Waals surface area contributed by atoms with Gasteiger partial charge >= 0.3 is 0 Å². The van der Waals surface area contributed by atoms with Crippen molar-refractivity contribution in [1.29, 1.82) is 0 Å². The highest BCUT2D eigenvalue weighted by atomic mass is 19.2. The highest BCUT2D eigenvalue weighted by Gasteiger charge is 2.40. The molecular weight excluding hydrogens is 420 g/mol. The molecule has 0 aliphatic heterocycles. The highest BCUT2D eigenvalue weighted by Crippen LogP contribution is 2.52. The van der Waals surface area contributed by atoms with Crippen LogP contribution in [-0.4, -0.2) is 19.3 Å². The van der Waals surface area contributed by atoms with Crippen LogP contribution in [0.4, 0.5) is 17.6 Å². The lowest BCUT2D eigenvalue weighted by Gasteiger charge is -2.29. The molecule has 0 fully saturated rings. The van der Waals surface area contributed by atoms with Gasteiger partial charge in [-0.05, 0) is 55.4 Å². The lowest BCUT2D eigenvalue weighted by Crippen LogP contribution is -2.18. The lowest BCUT2D eigenvalue weighted by atomic mass is 9.80. The number of unbranched alkanes of at least 4 members (excludes halogenated alkanes) is 1. The number of benzene rings is 2. The standard InChI is InChI=1S/C26H28F4O2/c1-3-5-14-32-16-8-6-15(7-9-16)17-10-11-18-19-12-13-20(31-4-2)24(28)22(19)26(30)25(29)21(18)23(17)27/h6,10-13,16,25-26H,3-5,7-9,14H2,1-2H3. The van der Waals surface area contributed by atoms with Crippen molar-refractivity contribution in [2.75, 3.05) is 13.2 Å². The Morgan fingerprint density at radius 3 is 2.19 bits per heavy atom. The van der Waals surface area contributed by atoms with Crippen LogP contribution in [0.1, 0.15) is 75.0 Å². The van der Waals surface area contributed by atoms with E-state index in [0.29, 0.717) is 19.4 Å². The molecule has 0 saturated heterocycles. The quantitative estimate of drug-likeness (QED) is 0.318. The summed E-state index contributed by atoms with van der Waals surface area (Å²) in [6.07, 6.45) is 1.51. The third-order valence-electron chi connectivity index (χ3n) is 6.28. The number of halogens is 4. The van der Waals surface area contributed by atoms with E-state index >= 15 is 13.2 Å². The Kier molecular flexibility index (Phi) is 6.89. The average molecular weight is 449 g/mol. The first-order valence-electron chi connectivity index (χ1n) is 11.3. The van der Waals surface area contributed by atoms with Gasteiger partial charge in [0.1, 0.15) is 5.82 Å². The van der Waals surface area contributed by atoms with Gasteiger partial charge in [0.2, 0.25) is 0 Å². The average Bonchev–Trinajstić information content (AvgIpc) is 2.79. The molecule has 0 saturated carbocycles. The van der Waals surface area contributed by atoms with Crippen LogP contribution in [-0.2, 0) is 4.74 Å². The van der Waals surface area contributed by atoms with Crippen LogP contribution < -0.4 is 4.74 Å². The molecule has 2 aliphatic rings. The van der Waals surface area contributed by atoms with Gasteiger partial charge in [0, 0.05) is 23.3 Å². The van der Waals surface area contributed by atoms with Crippen molar-refractivity contribution in [2.24, 2.45) is 0 Å². The monoisotopic (exact) mass is 448 g/mol. The second kappa shape index (κ2) is 9.65. The molecule has 0 bridgehead atoms. The van der Waals surface area contributed by atoms with Gasteiger partial charge in [0.15, 0.2) is 23.9 Å². The van der Waals surface area contributed by atoms with Crippen molar-refractivity contribution in [2.45, 2.75) is 64.4 Å². The maximum Gasteiger partial charge on any atom is 0.171 e. The number of hydrogen-bond acceptors (Lipinski definition) is 2. The maximum absolute atomic E-state index is 15.5. The zero-order chi connectivity index (χ0) is 22.8. The van der Waals surface area contributed by atoms with Crippen LogP contribution in [0.3, 0.4) is 0 Å². The zero-order valence-corrected chi connectivity index (χ0v) is 18.4. The topological polar surface area (TPSA) is 18.5 Å². The Hall–Kier alpha value is -2.34. The second-order valence-electron chi connectivity index (χ2n) is 8.31. The van der Waals surface area contributed by atoms with Crippen molar-refractivity contribution in [3.8, 4) is 16.9 Å². The molecule has 0 radical (unpaired) electrons. The molecule has 0 amide bonds. The van der Waals surface area contributed by atoms with Gasteiger partial charge in [-0.3, -0.25) is 0 Å². The van der Waals surface area contributed by atoms with E-state index in [0.717, 1.165) is 24.8 Å². The summed E-state index contributed by atoms with van der Waals surface area (Å²) in [4.78, 5) is 0. The molecule has 0 spiro atoms. The lowest BCUT2D eigenvalue weighted by molar-refractivity contribution is 0.0466. The van der Waals surface area contributed by atoms with E-state index in [9.17, 15) is 4.39 Å². The van der Waals surface area contributed by atoms with Crippen molar-refractivity contribution < 1.29 is 27.0 Å². The van der Waals surface area contributed by atoms with Crippen molar-refractivity contribution in [1.82, 2.24) is 0 Å². The molecule has 0 heterocycles. The number of rotatable bonds is 7. The molecule has 4 rings (SSSR count). The van der Waals surface area contributed by atoms with Crippen LogP contribution >= 0.6 is 0 Å².